The SMILES string of the molecule is CC=CCOCC1COC1. The number of hydrogen-bond acceptors (Lipinski definition) is 2. The number of ether oxygens (including phenoxy) is 2. The molecule has 0 aromatic rings. The molecule has 0 unspecified atom stereocenters. The van der Waals surface area contributed by atoms with E-state index in [4.69, 9.17) is 9.47 Å². The quantitative estimate of drug-likeness (QED) is 0.434. The van der Waals surface area contributed by atoms with Crippen molar-refractivity contribution in [3.63, 3.8) is 0 Å². The summed E-state index contributed by atoms with van der Waals surface area (Å²) >= 11 is 0. The van der Waals surface area contributed by atoms with Crippen molar-refractivity contribution in [3.8, 4) is 0 Å². The fraction of sp³-hybridized carbons (Fsp3) is 0.750. The van der Waals surface area contributed by atoms with Crippen molar-refractivity contribution >= 4 is 0 Å². The van der Waals surface area contributed by atoms with Crippen LogP contribution in [0.5, 0.6) is 0 Å². The zero-order valence-corrected chi connectivity index (χ0v) is 6.38. The van der Waals surface area contributed by atoms with Gasteiger partial charge in [-0.1, -0.05) is 12.2 Å². The van der Waals surface area contributed by atoms with Crippen molar-refractivity contribution in [2.75, 3.05) is 26.4 Å². The van der Waals surface area contributed by atoms with Gasteiger partial charge in [0.2, 0.25) is 0 Å². The first-order chi connectivity index (χ1) is 4.93. The second-order valence-electron chi connectivity index (χ2n) is 2.51. The van der Waals surface area contributed by atoms with E-state index in [2.05, 4.69) is 0 Å². The molecule has 58 valence electrons. The lowest BCUT2D eigenvalue weighted by Gasteiger charge is -2.25. The summed E-state index contributed by atoms with van der Waals surface area (Å²) in [5, 5.41) is 0. The van der Waals surface area contributed by atoms with Crippen LogP contribution in [0.4, 0.5) is 0 Å². The molecule has 1 fully saturated rings. The van der Waals surface area contributed by atoms with Crippen LogP contribution in [0, 0.1) is 5.92 Å². The molecule has 0 aliphatic carbocycles. The van der Waals surface area contributed by atoms with E-state index in [9.17, 15) is 0 Å². The molecule has 2 heteroatoms. The van der Waals surface area contributed by atoms with E-state index in [-0.39, 0.29) is 0 Å². The van der Waals surface area contributed by atoms with Gasteiger partial charge in [0.05, 0.1) is 26.4 Å². The van der Waals surface area contributed by atoms with Crippen molar-refractivity contribution in [1.29, 1.82) is 0 Å². The van der Waals surface area contributed by atoms with Crippen LogP contribution < -0.4 is 0 Å². The van der Waals surface area contributed by atoms with E-state index in [1.54, 1.807) is 0 Å². The van der Waals surface area contributed by atoms with Crippen molar-refractivity contribution in [3.05, 3.63) is 12.2 Å². The van der Waals surface area contributed by atoms with Crippen molar-refractivity contribution in [1.82, 2.24) is 0 Å². The molecular formula is C8H14O2. The molecule has 1 saturated heterocycles. The predicted octanol–water partition coefficient (Wildman–Crippen LogP) is 1.23. The standard InChI is InChI=1S/C8H14O2/c1-2-3-4-9-5-8-6-10-7-8/h2-3,8H,4-7H2,1H3. The molecule has 0 spiro atoms. The highest BCUT2D eigenvalue weighted by Crippen LogP contribution is 2.09. The average molecular weight is 142 g/mol. The first-order valence-electron chi connectivity index (χ1n) is 3.70. The van der Waals surface area contributed by atoms with Crippen molar-refractivity contribution < 1.29 is 9.47 Å². The van der Waals surface area contributed by atoms with Gasteiger partial charge in [0, 0.05) is 5.92 Å². The Labute approximate surface area is 61.8 Å². The molecule has 0 aromatic carbocycles. The minimum atomic E-state index is 0.658. The third kappa shape index (κ3) is 2.50. The maximum absolute atomic E-state index is 5.31. The Hall–Kier alpha value is -0.340. The minimum absolute atomic E-state index is 0.658. The number of allylic oxidation sites excluding steroid dienone is 1. The van der Waals surface area contributed by atoms with E-state index in [0.29, 0.717) is 5.92 Å². The lowest BCUT2D eigenvalue weighted by molar-refractivity contribution is -0.0679. The largest absolute Gasteiger partial charge is 0.381 e. The Kier molecular flexibility index (Phi) is 3.47. The molecule has 0 N–H and O–H groups in total. The van der Waals surface area contributed by atoms with E-state index in [1.165, 1.54) is 0 Å². The van der Waals surface area contributed by atoms with E-state index in [0.717, 1.165) is 26.4 Å². The Morgan fingerprint density at radius 2 is 2.40 bits per heavy atom. The Morgan fingerprint density at radius 1 is 1.60 bits per heavy atom. The van der Waals surface area contributed by atoms with Crippen molar-refractivity contribution in [2.24, 2.45) is 5.92 Å². The molecule has 1 heterocycles. The second kappa shape index (κ2) is 4.47. The first-order valence-corrected chi connectivity index (χ1v) is 3.70. The molecule has 1 rings (SSSR count). The zero-order valence-electron chi connectivity index (χ0n) is 6.38. The maximum Gasteiger partial charge on any atom is 0.0647 e. The first kappa shape index (κ1) is 7.76. The van der Waals surface area contributed by atoms with Crippen molar-refractivity contribution in [2.45, 2.75) is 6.92 Å². The highest BCUT2D eigenvalue weighted by atomic mass is 16.5. The van der Waals surface area contributed by atoms with E-state index in [1.807, 2.05) is 19.1 Å². The lowest BCUT2D eigenvalue weighted by atomic mass is 10.1. The third-order valence-electron chi connectivity index (χ3n) is 1.51. The van der Waals surface area contributed by atoms with Crippen LogP contribution in [-0.2, 0) is 9.47 Å². The van der Waals surface area contributed by atoms with Gasteiger partial charge in [0.15, 0.2) is 0 Å². The summed E-state index contributed by atoms with van der Waals surface area (Å²) < 4.78 is 10.3. The fourth-order valence-electron chi connectivity index (χ4n) is 0.780. The summed E-state index contributed by atoms with van der Waals surface area (Å²) in [4.78, 5) is 0. The van der Waals surface area contributed by atoms with Crippen LogP contribution >= 0.6 is 0 Å². The van der Waals surface area contributed by atoms with Crippen LogP contribution in [0.25, 0.3) is 0 Å². The minimum Gasteiger partial charge on any atom is -0.381 e. The topological polar surface area (TPSA) is 18.5 Å². The Bertz CT molecular complexity index is 106. The smallest absolute Gasteiger partial charge is 0.0647 e. The van der Waals surface area contributed by atoms with Crippen LogP contribution in [0.1, 0.15) is 6.92 Å². The Morgan fingerprint density at radius 3 is 2.90 bits per heavy atom. The van der Waals surface area contributed by atoms with Crippen LogP contribution in [0.3, 0.4) is 0 Å². The van der Waals surface area contributed by atoms with E-state index >= 15 is 0 Å². The monoisotopic (exact) mass is 142 g/mol. The van der Waals surface area contributed by atoms with Gasteiger partial charge in [-0.25, -0.2) is 0 Å². The summed E-state index contributed by atoms with van der Waals surface area (Å²) in [6.45, 7) is 5.36. The summed E-state index contributed by atoms with van der Waals surface area (Å²) in [7, 11) is 0. The molecule has 0 bridgehead atoms. The summed E-state index contributed by atoms with van der Waals surface area (Å²) in [5.41, 5.74) is 0. The Balaban J connectivity index is 1.85. The summed E-state index contributed by atoms with van der Waals surface area (Å²) in [6, 6.07) is 0. The van der Waals surface area contributed by atoms with Gasteiger partial charge in [-0.05, 0) is 6.92 Å². The molecule has 0 saturated carbocycles. The molecule has 0 amide bonds. The van der Waals surface area contributed by atoms with Crippen LogP contribution in [-0.4, -0.2) is 26.4 Å². The molecule has 2 nitrogen and oxygen atoms in total. The number of hydrogen-bond donors (Lipinski definition) is 0. The van der Waals surface area contributed by atoms with Crippen LogP contribution in [0.15, 0.2) is 12.2 Å². The van der Waals surface area contributed by atoms with E-state index < -0.39 is 0 Å². The molecule has 0 aromatic heterocycles. The van der Waals surface area contributed by atoms with Gasteiger partial charge in [0.25, 0.3) is 0 Å². The molecule has 10 heavy (non-hydrogen) atoms. The summed E-state index contributed by atoms with van der Waals surface area (Å²) in [5.74, 6) is 0.658. The molecule has 0 radical (unpaired) electrons. The van der Waals surface area contributed by atoms with Gasteiger partial charge in [-0.15, -0.1) is 0 Å². The predicted molar refractivity (Wildman–Crippen MR) is 39.9 cm³/mol. The fourth-order valence-corrected chi connectivity index (χ4v) is 0.780. The maximum atomic E-state index is 5.31. The average Bonchev–Trinajstić information content (AvgIpc) is 1.84. The van der Waals surface area contributed by atoms with Crippen LogP contribution in [0.2, 0.25) is 0 Å². The molecule has 1 aliphatic rings. The highest BCUT2D eigenvalue weighted by Gasteiger charge is 2.17. The molecule has 1 aliphatic heterocycles. The summed E-state index contributed by atoms with van der Waals surface area (Å²) in [6.07, 6.45) is 4.01. The second-order valence-corrected chi connectivity index (χ2v) is 2.51. The molecular weight excluding hydrogens is 128 g/mol. The van der Waals surface area contributed by atoms with Gasteiger partial charge in [-0.3, -0.25) is 0 Å². The number of rotatable bonds is 4. The van der Waals surface area contributed by atoms with Gasteiger partial charge < -0.3 is 9.47 Å². The third-order valence-corrected chi connectivity index (χ3v) is 1.51. The zero-order chi connectivity index (χ0) is 7.23. The van der Waals surface area contributed by atoms with Gasteiger partial charge >= 0.3 is 0 Å². The molecule has 0 atom stereocenters. The lowest BCUT2D eigenvalue weighted by Crippen LogP contribution is -2.31. The van der Waals surface area contributed by atoms with Gasteiger partial charge in [0.1, 0.15) is 0 Å². The van der Waals surface area contributed by atoms with Gasteiger partial charge in [-0.2, -0.15) is 0 Å². The normalized spacial score (nSPS) is 19.7. The highest BCUT2D eigenvalue weighted by molar-refractivity contribution is 4.76.